The topological polar surface area (TPSA) is 76.6 Å². The van der Waals surface area contributed by atoms with Crippen LogP contribution in [0.2, 0.25) is 0 Å². The van der Waals surface area contributed by atoms with E-state index in [9.17, 15) is 4.79 Å². The molecular weight excluding hydrogens is 460 g/mol. The summed E-state index contributed by atoms with van der Waals surface area (Å²) in [6, 6.07) is 20.0. The van der Waals surface area contributed by atoms with E-state index in [4.69, 9.17) is 14.5 Å². The highest BCUT2D eigenvalue weighted by atomic mass is 32.2. The summed E-state index contributed by atoms with van der Waals surface area (Å²) in [5.41, 5.74) is 3.74. The lowest BCUT2D eigenvalue weighted by Crippen LogP contribution is -2.31. The van der Waals surface area contributed by atoms with Gasteiger partial charge in [-0.25, -0.2) is 9.97 Å². The maximum atomic E-state index is 12.6. The number of rotatable bonds is 11. The number of nitrogens with zero attached hydrogens (tertiary/aromatic N) is 3. The number of carbonyl (C=O) groups is 1. The van der Waals surface area contributed by atoms with Gasteiger partial charge in [-0.15, -0.1) is 0 Å². The lowest BCUT2D eigenvalue weighted by atomic mass is 10.1. The molecule has 0 bridgehead atoms. The number of nitrogens with one attached hydrogen (secondary N) is 1. The second kappa shape index (κ2) is 12.7. The van der Waals surface area contributed by atoms with Crippen LogP contribution in [0.3, 0.4) is 0 Å². The van der Waals surface area contributed by atoms with E-state index in [0.29, 0.717) is 29.6 Å². The Labute approximate surface area is 211 Å². The summed E-state index contributed by atoms with van der Waals surface area (Å²) in [5, 5.41) is 3.67. The number of benzene rings is 2. The van der Waals surface area contributed by atoms with E-state index in [1.807, 2.05) is 55.6 Å². The molecule has 1 aromatic heterocycles. The van der Waals surface area contributed by atoms with Crippen LogP contribution in [0.4, 0.5) is 5.82 Å². The van der Waals surface area contributed by atoms with Crippen molar-refractivity contribution in [2.24, 2.45) is 0 Å². The lowest BCUT2D eigenvalue weighted by Gasteiger charge is -2.19. The predicted octanol–water partition coefficient (Wildman–Crippen LogP) is 4.46. The fourth-order valence-corrected chi connectivity index (χ4v) is 4.76. The molecule has 0 aliphatic carbocycles. The summed E-state index contributed by atoms with van der Waals surface area (Å²) in [6.07, 6.45) is 2.19. The molecule has 1 N–H and O–H groups in total. The molecule has 184 valence electrons. The third-order valence-corrected chi connectivity index (χ3v) is 6.68. The SMILES string of the molecule is COCc1cc(N(C)Cc2ccccc2)nc(SCc2cccc(C(=O)NCC3CCCO3)c2)n1. The van der Waals surface area contributed by atoms with Gasteiger partial charge in [0.25, 0.3) is 5.91 Å². The smallest absolute Gasteiger partial charge is 0.251 e. The minimum absolute atomic E-state index is 0.0736. The molecule has 35 heavy (non-hydrogen) atoms. The summed E-state index contributed by atoms with van der Waals surface area (Å²) in [7, 11) is 3.69. The molecule has 1 unspecified atom stereocenters. The Morgan fingerprint density at radius 2 is 1.97 bits per heavy atom. The molecule has 1 atom stereocenters. The van der Waals surface area contributed by atoms with Gasteiger partial charge in [-0.1, -0.05) is 54.2 Å². The van der Waals surface area contributed by atoms with Crippen LogP contribution < -0.4 is 10.2 Å². The van der Waals surface area contributed by atoms with Gasteiger partial charge in [0.1, 0.15) is 5.82 Å². The molecular formula is C27H32N4O3S. The van der Waals surface area contributed by atoms with Crippen molar-refractivity contribution in [2.75, 3.05) is 32.2 Å². The van der Waals surface area contributed by atoms with Crippen molar-refractivity contribution < 1.29 is 14.3 Å². The van der Waals surface area contributed by atoms with Crippen molar-refractivity contribution >= 4 is 23.5 Å². The Kier molecular flexibility index (Phi) is 9.11. The zero-order valence-corrected chi connectivity index (χ0v) is 21.1. The third kappa shape index (κ3) is 7.52. The average Bonchev–Trinajstić information content (AvgIpc) is 3.41. The molecule has 8 heteroatoms. The number of methoxy groups -OCH3 is 1. The summed E-state index contributed by atoms with van der Waals surface area (Å²) in [5.74, 6) is 1.43. The molecule has 4 rings (SSSR count). The largest absolute Gasteiger partial charge is 0.378 e. The van der Waals surface area contributed by atoms with E-state index in [1.54, 1.807) is 18.9 Å². The molecule has 3 aromatic rings. The van der Waals surface area contributed by atoms with Crippen LogP contribution >= 0.6 is 11.8 Å². The maximum absolute atomic E-state index is 12.6. The quantitative estimate of drug-likeness (QED) is 0.313. The molecule has 2 heterocycles. The number of hydrogen-bond donors (Lipinski definition) is 1. The number of amides is 1. The van der Waals surface area contributed by atoms with Crippen LogP contribution in [-0.4, -0.2) is 49.3 Å². The highest BCUT2D eigenvalue weighted by Crippen LogP contribution is 2.24. The number of carbonyl (C=O) groups excluding carboxylic acids is 1. The number of hydrogen-bond acceptors (Lipinski definition) is 7. The summed E-state index contributed by atoms with van der Waals surface area (Å²) >= 11 is 1.55. The summed E-state index contributed by atoms with van der Waals surface area (Å²) in [4.78, 5) is 24.2. The first-order chi connectivity index (χ1) is 17.1. The number of anilines is 1. The minimum Gasteiger partial charge on any atom is -0.378 e. The Morgan fingerprint density at radius 1 is 1.14 bits per heavy atom. The standard InChI is InChI=1S/C27H32N4O3S/c1-31(17-20-8-4-3-5-9-20)25-15-23(18-33-2)29-27(30-25)35-19-21-10-6-11-22(14-21)26(32)28-16-24-12-7-13-34-24/h3-6,8-11,14-15,24H,7,12-13,16-19H2,1-2H3,(H,28,32). The first-order valence-corrected chi connectivity index (χ1v) is 12.8. The van der Waals surface area contributed by atoms with E-state index in [0.717, 1.165) is 43.1 Å². The fourth-order valence-electron chi connectivity index (χ4n) is 3.94. The highest BCUT2D eigenvalue weighted by molar-refractivity contribution is 7.98. The van der Waals surface area contributed by atoms with Crippen molar-refractivity contribution in [1.82, 2.24) is 15.3 Å². The molecule has 0 radical (unpaired) electrons. The Balaban J connectivity index is 1.41. The molecule has 1 aliphatic heterocycles. The Bertz CT molecular complexity index is 1110. The Hall–Kier alpha value is -2.94. The predicted molar refractivity (Wildman–Crippen MR) is 139 cm³/mol. The first kappa shape index (κ1) is 25.2. The maximum Gasteiger partial charge on any atom is 0.251 e. The molecule has 2 aromatic carbocycles. The summed E-state index contributed by atoms with van der Waals surface area (Å²) in [6.45, 7) is 2.50. The number of thioether (sulfide) groups is 1. The zero-order chi connectivity index (χ0) is 24.5. The monoisotopic (exact) mass is 492 g/mol. The van der Waals surface area contributed by atoms with E-state index in [-0.39, 0.29) is 12.0 Å². The van der Waals surface area contributed by atoms with Crippen LogP contribution in [0.15, 0.2) is 65.8 Å². The van der Waals surface area contributed by atoms with Gasteiger partial charge in [0, 0.05) is 51.2 Å². The van der Waals surface area contributed by atoms with E-state index in [1.165, 1.54) is 5.56 Å². The van der Waals surface area contributed by atoms with Crippen molar-refractivity contribution in [3.8, 4) is 0 Å². The van der Waals surface area contributed by atoms with Gasteiger partial charge in [0.2, 0.25) is 0 Å². The van der Waals surface area contributed by atoms with Gasteiger partial charge < -0.3 is 19.7 Å². The van der Waals surface area contributed by atoms with Gasteiger partial charge in [0.15, 0.2) is 5.16 Å². The van der Waals surface area contributed by atoms with Gasteiger partial charge in [-0.2, -0.15) is 0 Å². The van der Waals surface area contributed by atoms with Crippen LogP contribution in [0.25, 0.3) is 0 Å². The molecule has 7 nitrogen and oxygen atoms in total. The molecule has 0 saturated carbocycles. The normalized spacial score (nSPS) is 15.2. The van der Waals surface area contributed by atoms with Crippen LogP contribution in [0, 0.1) is 0 Å². The van der Waals surface area contributed by atoms with E-state index < -0.39 is 0 Å². The molecule has 1 aliphatic rings. The lowest BCUT2D eigenvalue weighted by molar-refractivity contribution is 0.0857. The number of ether oxygens (including phenoxy) is 2. The van der Waals surface area contributed by atoms with Gasteiger partial charge in [0.05, 0.1) is 18.4 Å². The van der Waals surface area contributed by atoms with Crippen molar-refractivity contribution in [3.05, 3.63) is 83.0 Å². The van der Waals surface area contributed by atoms with Crippen molar-refractivity contribution in [2.45, 2.75) is 43.0 Å². The first-order valence-electron chi connectivity index (χ1n) is 11.8. The van der Waals surface area contributed by atoms with Gasteiger partial charge in [-0.05, 0) is 36.1 Å². The molecule has 0 spiro atoms. The number of aromatic nitrogens is 2. The van der Waals surface area contributed by atoms with Crippen LogP contribution in [-0.2, 0) is 28.4 Å². The molecule has 1 fully saturated rings. The summed E-state index contributed by atoms with van der Waals surface area (Å²) < 4.78 is 10.9. The average molecular weight is 493 g/mol. The second-order valence-electron chi connectivity index (χ2n) is 8.61. The van der Waals surface area contributed by atoms with E-state index in [2.05, 4.69) is 27.3 Å². The van der Waals surface area contributed by atoms with Gasteiger partial charge >= 0.3 is 0 Å². The Morgan fingerprint density at radius 3 is 2.74 bits per heavy atom. The fraction of sp³-hybridized carbons (Fsp3) is 0.370. The molecule has 1 amide bonds. The van der Waals surface area contributed by atoms with Crippen LogP contribution in [0.5, 0.6) is 0 Å². The van der Waals surface area contributed by atoms with Crippen LogP contribution in [0.1, 0.15) is 40.0 Å². The highest BCUT2D eigenvalue weighted by Gasteiger charge is 2.17. The van der Waals surface area contributed by atoms with Crippen molar-refractivity contribution in [1.29, 1.82) is 0 Å². The minimum atomic E-state index is -0.0736. The zero-order valence-electron chi connectivity index (χ0n) is 20.3. The third-order valence-electron chi connectivity index (χ3n) is 5.76. The molecule has 1 saturated heterocycles. The van der Waals surface area contributed by atoms with E-state index >= 15 is 0 Å². The van der Waals surface area contributed by atoms with Crippen molar-refractivity contribution in [3.63, 3.8) is 0 Å². The second-order valence-corrected chi connectivity index (χ2v) is 9.55. The van der Waals surface area contributed by atoms with Gasteiger partial charge in [-0.3, -0.25) is 4.79 Å².